The Hall–Kier alpha value is -1.59. The fourth-order valence-electron chi connectivity index (χ4n) is 5.74. The summed E-state index contributed by atoms with van der Waals surface area (Å²) >= 11 is 0. The van der Waals surface area contributed by atoms with Crippen molar-refractivity contribution in [3.63, 3.8) is 0 Å². The lowest BCUT2D eigenvalue weighted by Gasteiger charge is -2.49. The molecule has 2 aliphatic heterocycles. The van der Waals surface area contributed by atoms with Crippen LogP contribution in [0.3, 0.4) is 0 Å². The summed E-state index contributed by atoms with van der Waals surface area (Å²) in [6.45, 7) is 18.8. The van der Waals surface area contributed by atoms with Crippen LogP contribution in [0.1, 0.15) is 99.2 Å². The first-order valence-corrected chi connectivity index (χ1v) is 14.3. The minimum absolute atomic E-state index is 0.0149. The van der Waals surface area contributed by atoms with Crippen LogP contribution in [0.15, 0.2) is 46.3 Å². The number of allylic oxidation sites excluding steroid dienone is 1. The zero-order valence-corrected chi connectivity index (χ0v) is 22.5. The van der Waals surface area contributed by atoms with Crippen molar-refractivity contribution in [1.29, 1.82) is 0 Å². The topological polar surface area (TPSA) is 40.0 Å². The van der Waals surface area contributed by atoms with E-state index in [-0.39, 0.29) is 22.2 Å². The van der Waals surface area contributed by atoms with Crippen LogP contribution in [0.5, 0.6) is 0 Å². The van der Waals surface area contributed by atoms with Crippen LogP contribution >= 0.6 is 0 Å². The third-order valence-corrected chi connectivity index (χ3v) is 13.0. The van der Waals surface area contributed by atoms with Crippen LogP contribution in [-0.2, 0) is 13.9 Å². The lowest BCUT2D eigenvalue weighted by Crippen LogP contribution is -2.55. The Morgan fingerprint density at radius 2 is 1.59 bits per heavy atom. The van der Waals surface area contributed by atoms with Gasteiger partial charge in [0, 0.05) is 11.6 Å². The average Bonchev–Trinajstić information content (AvgIpc) is 3.09. The van der Waals surface area contributed by atoms with E-state index < -0.39 is 8.32 Å². The van der Waals surface area contributed by atoms with Gasteiger partial charge in [0.1, 0.15) is 11.8 Å². The number of nitrogens with zero attached hydrogens (tertiary/aromatic N) is 1. The van der Waals surface area contributed by atoms with Gasteiger partial charge in [-0.25, -0.2) is 4.99 Å². The smallest absolute Gasteiger partial charge is 0.389 e. The van der Waals surface area contributed by atoms with E-state index in [1.54, 1.807) is 0 Å². The number of rotatable bonds is 7. The molecular weight excluding hydrogens is 414 g/mol. The zero-order chi connectivity index (χ0) is 23.6. The summed E-state index contributed by atoms with van der Waals surface area (Å²) < 4.78 is 19.6. The van der Waals surface area contributed by atoms with Crippen molar-refractivity contribution in [2.24, 2.45) is 4.99 Å². The van der Waals surface area contributed by atoms with E-state index in [1.807, 2.05) is 6.92 Å². The van der Waals surface area contributed by atoms with Gasteiger partial charge in [-0.3, -0.25) is 0 Å². The first-order chi connectivity index (χ1) is 15.1. The molecule has 0 unspecified atom stereocenters. The van der Waals surface area contributed by atoms with Crippen LogP contribution in [0.4, 0.5) is 0 Å². The molecule has 3 rings (SSSR count). The van der Waals surface area contributed by atoms with Crippen molar-refractivity contribution in [1.82, 2.24) is 0 Å². The van der Waals surface area contributed by atoms with Crippen LogP contribution in [0, 0.1) is 0 Å². The van der Waals surface area contributed by atoms with Gasteiger partial charge < -0.3 is 13.9 Å². The summed E-state index contributed by atoms with van der Waals surface area (Å²) in [6, 6.07) is 10.5. The van der Waals surface area contributed by atoms with E-state index in [0.29, 0.717) is 12.7 Å². The van der Waals surface area contributed by atoms with Gasteiger partial charge in [0.05, 0.1) is 12.7 Å². The Morgan fingerprint density at radius 3 is 2.16 bits per heavy atom. The van der Waals surface area contributed by atoms with E-state index in [2.05, 4.69) is 78.8 Å². The van der Waals surface area contributed by atoms with Crippen molar-refractivity contribution < 1.29 is 13.9 Å². The van der Waals surface area contributed by atoms with Crippen molar-refractivity contribution in [3.8, 4) is 0 Å². The van der Waals surface area contributed by atoms with Gasteiger partial charge in [0.2, 0.25) is 8.32 Å². The number of ether oxygens (including phenoxy) is 2. The predicted molar refractivity (Wildman–Crippen MR) is 135 cm³/mol. The average molecular weight is 458 g/mol. The fraction of sp³-hybridized carbons (Fsp3) is 0.667. The highest BCUT2D eigenvalue weighted by atomic mass is 28.4. The molecule has 0 aromatic heterocycles. The van der Waals surface area contributed by atoms with E-state index >= 15 is 0 Å². The maximum atomic E-state index is 7.33. The van der Waals surface area contributed by atoms with Crippen molar-refractivity contribution in [3.05, 3.63) is 46.9 Å². The molecular formula is C27H43NO3Si. The molecule has 5 heteroatoms. The summed E-state index contributed by atoms with van der Waals surface area (Å²) in [7, 11) is -2.54. The molecule has 1 fully saturated rings. The number of benzene rings is 1. The van der Waals surface area contributed by atoms with Crippen LogP contribution in [0.2, 0.25) is 10.1 Å². The van der Waals surface area contributed by atoms with Crippen LogP contribution < -0.4 is 0 Å². The first-order valence-electron chi connectivity index (χ1n) is 12.4. The number of fused-ring (bicyclic) bond motifs is 1. The standard InChI is InChI=1S/C27H43NO3Si/c1-9-11-12-16-19-21-24-22(28-25(30-21)29-10-2)23(20-17-14-13-15-18-20)31-32(24,26(3,4)5)27(6,7)8/h13-15,17-18,22-23H,9-12,16,19H2,1-8H3/t22-,23-/m0/s1. The second kappa shape index (κ2) is 9.72. The number of aliphatic imine (C=N–C) groups is 1. The van der Waals surface area contributed by atoms with Gasteiger partial charge in [-0.2, -0.15) is 0 Å². The van der Waals surface area contributed by atoms with Crippen LogP contribution in [0.25, 0.3) is 0 Å². The van der Waals surface area contributed by atoms with E-state index in [1.165, 1.54) is 30.0 Å². The molecule has 178 valence electrons. The Balaban J connectivity index is 2.20. The summed E-state index contributed by atoms with van der Waals surface area (Å²) in [4.78, 5) is 5.03. The maximum Gasteiger partial charge on any atom is 0.389 e. The normalized spacial score (nSPS) is 22.9. The highest BCUT2D eigenvalue weighted by Crippen LogP contribution is 2.64. The van der Waals surface area contributed by atoms with E-state index in [4.69, 9.17) is 18.9 Å². The maximum absolute atomic E-state index is 7.33. The van der Waals surface area contributed by atoms with E-state index in [9.17, 15) is 0 Å². The highest BCUT2D eigenvalue weighted by molar-refractivity contribution is 6.87. The minimum atomic E-state index is -2.54. The van der Waals surface area contributed by atoms with E-state index in [0.717, 1.165) is 18.6 Å². The molecule has 0 radical (unpaired) electrons. The third-order valence-electron chi connectivity index (χ3n) is 6.79. The van der Waals surface area contributed by atoms with Crippen molar-refractivity contribution in [2.75, 3.05) is 6.61 Å². The Morgan fingerprint density at radius 1 is 0.938 bits per heavy atom. The molecule has 1 aromatic rings. The molecule has 2 aliphatic rings. The molecule has 0 bridgehead atoms. The predicted octanol–water partition coefficient (Wildman–Crippen LogP) is 7.86. The number of hydrogen-bond donors (Lipinski definition) is 0. The second-order valence-electron chi connectivity index (χ2n) is 11.2. The van der Waals surface area contributed by atoms with Gasteiger partial charge in [-0.15, -0.1) is 0 Å². The highest BCUT2D eigenvalue weighted by Gasteiger charge is 2.67. The lowest BCUT2D eigenvalue weighted by atomic mass is 10.0. The van der Waals surface area contributed by atoms with Gasteiger partial charge in [-0.05, 0) is 29.0 Å². The first kappa shape index (κ1) is 25.0. The largest absolute Gasteiger partial charge is 0.451 e. The number of unbranched alkanes of at least 4 members (excludes halogenated alkanes) is 3. The lowest BCUT2D eigenvalue weighted by molar-refractivity contribution is 0.171. The van der Waals surface area contributed by atoms with Crippen molar-refractivity contribution in [2.45, 2.75) is 110 Å². The molecule has 32 heavy (non-hydrogen) atoms. The van der Waals surface area contributed by atoms with Gasteiger partial charge in [0.15, 0.2) is 0 Å². The van der Waals surface area contributed by atoms with Crippen molar-refractivity contribution >= 4 is 14.4 Å². The van der Waals surface area contributed by atoms with Gasteiger partial charge >= 0.3 is 6.08 Å². The second-order valence-corrected chi connectivity index (χ2v) is 16.3. The summed E-state index contributed by atoms with van der Waals surface area (Å²) in [5, 5.41) is 1.32. The summed E-state index contributed by atoms with van der Waals surface area (Å²) in [6.07, 6.45) is 6.03. The van der Waals surface area contributed by atoms with Gasteiger partial charge in [-0.1, -0.05) is 98.1 Å². The Labute approximate surface area is 196 Å². The molecule has 0 saturated carbocycles. The molecule has 1 saturated heterocycles. The van der Waals surface area contributed by atoms with Gasteiger partial charge in [0.25, 0.3) is 0 Å². The monoisotopic (exact) mass is 457 g/mol. The molecule has 0 amide bonds. The Bertz CT molecular complexity index is 819. The summed E-state index contributed by atoms with van der Waals surface area (Å²) in [5.41, 5.74) is 1.18. The molecule has 1 aromatic carbocycles. The zero-order valence-electron chi connectivity index (χ0n) is 21.5. The molecule has 4 nitrogen and oxygen atoms in total. The number of hydrogen-bond acceptors (Lipinski definition) is 4. The molecule has 0 spiro atoms. The molecule has 2 heterocycles. The molecule has 0 aliphatic carbocycles. The molecule has 0 N–H and O–H groups in total. The SMILES string of the molecule is CCCCCCC1=C2[C@@H](N=C(OCC)O1)[C@H](c1ccccc1)O[Si]2(C(C)(C)C)C(C)(C)C. The minimum Gasteiger partial charge on any atom is -0.451 e. The quantitative estimate of drug-likeness (QED) is 0.309. The molecule has 2 atom stereocenters. The summed E-state index contributed by atoms with van der Waals surface area (Å²) in [5.74, 6) is 1.07. The van der Waals surface area contributed by atoms with Crippen LogP contribution in [-0.4, -0.2) is 27.0 Å². The fourth-order valence-corrected chi connectivity index (χ4v) is 12.3. The Kier molecular flexibility index (Phi) is 7.61. The third kappa shape index (κ3) is 4.56.